The van der Waals surface area contributed by atoms with Gasteiger partial charge in [0.15, 0.2) is 0 Å². The Balaban J connectivity index is 1.53. The van der Waals surface area contributed by atoms with E-state index in [-0.39, 0.29) is 30.0 Å². The van der Waals surface area contributed by atoms with E-state index in [0.29, 0.717) is 19.4 Å². The van der Waals surface area contributed by atoms with Gasteiger partial charge in [-0.05, 0) is 41.3 Å². The standard InChI is InChI=1S/C23H25N3O3S/c1-15(2)18-12-19(29-25-18)21(27)26-9-8-23(14-26,22(24)28)13-16-5-3-6-17(11-16)20-7-4-10-30-20/h3-7,10-12,15H,8-9,13-14H2,1-2H3,(H2,24,28). The number of carbonyl (C=O) groups excluding carboxylic acids is 2. The third-order valence-electron chi connectivity index (χ3n) is 5.77. The summed E-state index contributed by atoms with van der Waals surface area (Å²) in [6, 6.07) is 14.0. The number of amides is 2. The zero-order valence-electron chi connectivity index (χ0n) is 17.1. The summed E-state index contributed by atoms with van der Waals surface area (Å²) in [6.07, 6.45) is 1.03. The van der Waals surface area contributed by atoms with E-state index in [1.54, 1.807) is 22.3 Å². The van der Waals surface area contributed by atoms with Gasteiger partial charge in [-0.25, -0.2) is 0 Å². The molecule has 6 nitrogen and oxygen atoms in total. The highest BCUT2D eigenvalue weighted by molar-refractivity contribution is 7.13. The van der Waals surface area contributed by atoms with E-state index in [4.69, 9.17) is 10.3 Å². The lowest BCUT2D eigenvalue weighted by Gasteiger charge is -2.26. The van der Waals surface area contributed by atoms with Crippen molar-refractivity contribution in [2.24, 2.45) is 11.1 Å². The Labute approximate surface area is 179 Å². The van der Waals surface area contributed by atoms with Gasteiger partial charge in [0.05, 0.1) is 11.1 Å². The Hall–Kier alpha value is -2.93. The van der Waals surface area contributed by atoms with Crippen molar-refractivity contribution in [3.05, 3.63) is 64.9 Å². The number of thiophene rings is 1. The number of benzene rings is 1. The summed E-state index contributed by atoms with van der Waals surface area (Å²) in [6.45, 7) is 4.72. The third-order valence-corrected chi connectivity index (χ3v) is 6.69. The summed E-state index contributed by atoms with van der Waals surface area (Å²) in [5, 5.41) is 6.01. The minimum Gasteiger partial charge on any atom is -0.369 e. The van der Waals surface area contributed by atoms with Gasteiger partial charge in [-0.1, -0.05) is 49.3 Å². The SMILES string of the molecule is CC(C)c1cc(C(=O)N2CCC(Cc3cccc(-c4cccs4)c3)(C(N)=O)C2)on1. The maximum atomic E-state index is 12.9. The average Bonchev–Trinajstić information content (AvgIpc) is 3.48. The summed E-state index contributed by atoms with van der Waals surface area (Å²) in [7, 11) is 0. The Morgan fingerprint density at radius 3 is 2.77 bits per heavy atom. The molecule has 1 aliphatic heterocycles. The van der Waals surface area contributed by atoms with Gasteiger partial charge >= 0.3 is 0 Å². The lowest BCUT2D eigenvalue weighted by Crippen LogP contribution is -2.42. The van der Waals surface area contributed by atoms with Crippen LogP contribution in [-0.2, 0) is 11.2 Å². The van der Waals surface area contributed by atoms with Crippen LogP contribution in [0.3, 0.4) is 0 Å². The second-order valence-corrected chi connectivity index (χ2v) is 9.19. The van der Waals surface area contributed by atoms with Crippen LogP contribution in [0, 0.1) is 5.41 Å². The van der Waals surface area contributed by atoms with Gasteiger partial charge in [0.1, 0.15) is 0 Å². The number of hydrogen-bond acceptors (Lipinski definition) is 5. The Bertz CT molecular complexity index is 1060. The summed E-state index contributed by atoms with van der Waals surface area (Å²) >= 11 is 1.68. The molecule has 0 aliphatic carbocycles. The largest absolute Gasteiger partial charge is 0.369 e. The van der Waals surface area contributed by atoms with Crippen LogP contribution in [-0.4, -0.2) is 35.0 Å². The highest BCUT2D eigenvalue weighted by atomic mass is 32.1. The van der Waals surface area contributed by atoms with Crippen molar-refractivity contribution in [1.29, 1.82) is 0 Å². The fourth-order valence-corrected chi connectivity index (χ4v) is 4.69. The summed E-state index contributed by atoms with van der Waals surface area (Å²) in [5.41, 5.74) is 7.96. The van der Waals surface area contributed by atoms with Crippen molar-refractivity contribution in [2.45, 2.75) is 32.6 Å². The number of rotatable bonds is 6. The molecule has 2 N–H and O–H groups in total. The van der Waals surface area contributed by atoms with Gasteiger partial charge in [-0.15, -0.1) is 11.3 Å². The number of primary amides is 1. The number of aromatic nitrogens is 1. The van der Waals surface area contributed by atoms with Gasteiger partial charge in [0, 0.05) is 24.0 Å². The zero-order valence-corrected chi connectivity index (χ0v) is 17.9. The molecule has 1 atom stereocenters. The van der Waals surface area contributed by atoms with E-state index in [1.807, 2.05) is 37.4 Å². The van der Waals surface area contributed by atoms with E-state index in [0.717, 1.165) is 16.8 Å². The lowest BCUT2D eigenvalue weighted by molar-refractivity contribution is -0.126. The smallest absolute Gasteiger partial charge is 0.292 e. The van der Waals surface area contributed by atoms with Crippen LogP contribution in [0.1, 0.15) is 48.0 Å². The van der Waals surface area contributed by atoms with Crippen LogP contribution in [0.2, 0.25) is 0 Å². The molecule has 30 heavy (non-hydrogen) atoms. The van der Waals surface area contributed by atoms with E-state index < -0.39 is 5.41 Å². The first-order valence-electron chi connectivity index (χ1n) is 10.1. The Kier molecular flexibility index (Phi) is 5.47. The fraction of sp³-hybridized carbons (Fsp3) is 0.348. The summed E-state index contributed by atoms with van der Waals surface area (Å²) in [4.78, 5) is 28.2. The van der Waals surface area contributed by atoms with Crippen LogP contribution in [0.4, 0.5) is 0 Å². The van der Waals surface area contributed by atoms with Crippen molar-refractivity contribution >= 4 is 23.2 Å². The van der Waals surface area contributed by atoms with Crippen molar-refractivity contribution in [3.8, 4) is 10.4 Å². The number of nitrogens with two attached hydrogens (primary N) is 1. The molecule has 156 valence electrons. The molecule has 3 heterocycles. The van der Waals surface area contributed by atoms with Gasteiger partial charge < -0.3 is 15.2 Å². The molecule has 1 aromatic carbocycles. The van der Waals surface area contributed by atoms with E-state index in [9.17, 15) is 9.59 Å². The molecule has 2 aromatic heterocycles. The maximum Gasteiger partial charge on any atom is 0.292 e. The van der Waals surface area contributed by atoms with Crippen molar-refractivity contribution in [2.75, 3.05) is 13.1 Å². The normalized spacial score (nSPS) is 18.8. The average molecular weight is 424 g/mol. The van der Waals surface area contributed by atoms with Crippen molar-refractivity contribution < 1.29 is 14.1 Å². The molecule has 2 amide bonds. The first kappa shape index (κ1) is 20.3. The minimum absolute atomic E-state index is 0.175. The van der Waals surface area contributed by atoms with Crippen LogP contribution in [0.25, 0.3) is 10.4 Å². The molecule has 7 heteroatoms. The molecule has 1 unspecified atom stereocenters. The second-order valence-electron chi connectivity index (χ2n) is 8.25. The van der Waals surface area contributed by atoms with Crippen LogP contribution in [0.5, 0.6) is 0 Å². The number of likely N-dealkylation sites (tertiary alicyclic amines) is 1. The first-order chi connectivity index (χ1) is 14.4. The van der Waals surface area contributed by atoms with Crippen LogP contribution < -0.4 is 5.73 Å². The van der Waals surface area contributed by atoms with Gasteiger partial charge in [-0.3, -0.25) is 9.59 Å². The number of hydrogen-bond donors (Lipinski definition) is 1. The lowest BCUT2D eigenvalue weighted by atomic mass is 9.80. The second kappa shape index (κ2) is 8.07. The molecule has 3 aromatic rings. The summed E-state index contributed by atoms with van der Waals surface area (Å²) in [5.74, 6) is -0.238. The molecule has 4 rings (SSSR count). The van der Waals surface area contributed by atoms with Crippen LogP contribution >= 0.6 is 11.3 Å². The van der Waals surface area contributed by atoms with Gasteiger partial charge in [-0.2, -0.15) is 0 Å². The topological polar surface area (TPSA) is 89.4 Å². The quantitative estimate of drug-likeness (QED) is 0.647. The third kappa shape index (κ3) is 3.89. The minimum atomic E-state index is -0.787. The number of carbonyl (C=O) groups is 2. The predicted octanol–water partition coefficient (Wildman–Crippen LogP) is 4.09. The van der Waals surface area contributed by atoms with Gasteiger partial charge in [0.25, 0.3) is 5.91 Å². The predicted molar refractivity (Wildman–Crippen MR) is 116 cm³/mol. The highest BCUT2D eigenvalue weighted by Crippen LogP contribution is 2.36. The van der Waals surface area contributed by atoms with Gasteiger partial charge in [0.2, 0.25) is 11.7 Å². The molecule has 0 radical (unpaired) electrons. The molecular formula is C23H25N3O3S. The molecule has 0 spiro atoms. The monoisotopic (exact) mass is 423 g/mol. The number of nitrogens with zero attached hydrogens (tertiary/aromatic N) is 2. The highest BCUT2D eigenvalue weighted by Gasteiger charge is 2.45. The maximum absolute atomic E-state index is 12.9. The van der Waals surface area contributed by atoms with Crippen LogP contribution in [0.15, 0.2) is 52.4 Å². The first-order valence-corrected chi connectivity index (χ1v) is 10.9. The van der Waals surface area contributed by atoms with E-state index in [1.165, 1.54) is 4.88 Å². The molecule has 0 saturated carbocycles. The van der Waals surface area contributed by atoms with E-state index >= 15 is 0 Å². The Morgan fingerprint density at radius 2 is 2.10 bits per heavy atom. The molecule has 1 fully saturated rings. The summed E-state index contributed by atoms with van der Waals surface area (Å²) < 4.78 is 5.25. The molecule has 1 saturated heterocycles. The van der Waals surface area contributed by atoms with Crippen molar-refractivity contribution in [1.82, 2.24) is 10.1 Å². The van der Waals surface area contributed by atoms with Crippen molar-refractivity contribution in [3.63, 3.8) is 0 Å². The fourth-order valence-electron chi connectivity index (χ4n) is 3.96. The molecule has 0 bridgehead atoms. The Morgan fingerprint density at radius 1 is 1.27 bits per heavy atom. The molecule has 1 aliphatic rings. The zero-order chi connectivity index (χ0) is 21.3. The van der Waals surface area contributed by atoms with E-state index in [2.05, 4.69) is 23.4 Å². The molecular weight excluding hydrogens is 398 g/mol.